The van der Waals surface area contributed by atoms with Crippen LogP contribution in [0.1, 0.15) is 28.9 Å². The highest BCUT2D eigenvalue weighted by Crippen LogP contribution is 2.35. The lowest BCUT2D eigenvalue weighted by Gasteiger charge is -2.14. The first-order valence-electron chi connectivity index (χ1n) is 4.50. The van der Waals surface area contributed by atoms with E-state index >= 15 is 0 Å². The van der Waals surface area contributed by atoms with Gasteiger partial charge in [0.2, 0.25) is 0 Å². The first-order valence-corrected chi connectivity index (χ1v) is 4.50. The molecular weight excluding hydrogens is 243 g/mol. The van der Waals surface area contributed by atoms with Crippen molar-refractivity contribution in [2.24, 2.45) is 0 Å². The highest BCUT2D eigenvalue weighted by Gasteiger charge is 2.36. The summed E-state index contributed by atoms with van der Waals surface area (Å²) in [4.78, 5) is 3.20. The largest absolute Gasteiger partial charge is 0.418 e. The van der Waals surface area contributed by atoms with Gasteiger partial charge in [-0.05, 0) is 18.6 Å². The van der Waals surface area contributed by atoms with Crippen LogP contribution in [0.25, 0.3) is 0 Å². The SMILES string of the molecule is Cc1cc(C(F)F)nc(CC#N)c1C(F)(F)F. The maximum absolute atomic E-state index is 12.6. The Bertz CT molecular complexity index is 459. The second kappa shape index (κ2) is 4.65. The molecule has 0 bridgehead atoms. The summed E-state index contributed by atoms with van der Waals surface area (Å²) >= 11 is 0. The van der Waals surface area contributed by atoms with Gasteiger partial charge in [-0.2, -0.15) is 18.4 Å². The van der Waals surface area contributed by atoms with Gasteiger partial charge in [-0.25, -0.2) is 8.78 Å². The van der Waals surface area contributed by atoms with E-state index in [1.807, 2.05) is 0 Å². The first kappa shape index (κ1) is 13.4. The minimum Gasteiger partial charge on any atom is -0.250 e. The Kier molecular flexibility index (Phi) is 3.66. The number of rotatable bonds is 2. The lowest BCUT2D eigenvalue weighted by molar-refractivity contribution is -0.138. The maximum atomic E-state index is 12.6. The number of aromatic nitrogens is 1. The molecule has 1 heterocycles. The summed E-state index contributed by atoms with van der Waals surface area (Å²) in [6, 6.07) is 2.17. The zero-order valence-corrected chi connectivity index (χ0v) is 8.65. The average Bonchev–Trinajstić information content (AvgIpc) is 2.14. The molecular formula is C10H7F5N2. The van der Waals surface area contributed by atoms with Crippen LogP contribution in [-0.2, 0) is 12.6 Å². The van der Waals surface area contributed by atoms with Crippen LogP contribution in [0.15, 0.2) is 6.07 Å². The highest BCUT2D eigenvalue weighted by molar-refractivity contribution is 5.36. The topological polar surface area (TPSA) is 36.7 Å². The first-order chi connectivity index (χ1) is 7.77. The fraction of sp³-hybridized carbons (Fsp3) is 0.400. The van der Waals surface area contributed by atoms with Gasteiger partial charge in [-0.1, -0.05) is 0 Å². The van der Waals surface area contributed by atoms with E-state index in [1.165, 1.54) is 6.07 Å². The number of halogens is 5. The summed E-state index contributed by atoms with van der Waals surface area (Å²) in [7, 11) is 0. The molecule has 0 N–H and O–H groups in total. The lowest BCUT2D eigenvalue weighted by Crippen LogP contribution is -2.14. The van der Waals surface area contributed by atoms with Gasteiger partial charge in [0.25, 0.3) is 6.43 Å². The molecule has 0 unspecified atom stereocenters. The minimum atomic E-state index is -4.70. The van der Waals surface area contributed by atoms with E-state index in [0.717, 1.165) is 6.92 Å². The fourth-order valence-corrected chi connectivity index (χ4v) is 1.47. The van der Waals surface area contributed by atoms with Crippen LogP contribution in [0, 0.1) is 18.3 Å². The molecule has 1 aromatic heterocycles. The second-order valence-corrected chi connectivity index (χ2v) is 3.32. The highest BCUT2D eigenvalue weighted by atomic mass is 19.4. The molecule has 0 radical (unpaired) electrons. The molecule has 1 rings (SSSR count). The van der Waals surface area contributed by atoms with Crippen molar-refractivity contribution in [2.75, 3.05) is 0 Å². The lowest BCUT2D eigenvalue weighted by atomic mass is 10.0. The van der Waals surface area contributed by atoms with E-state index < -0.39 is 36.0 Å². The van der Waals surface area contributed by atoms with Crippen molar-refractivity contribution in [3.63, 3.8) is 0 Å². The third kappa shape index (κ3) is 2.90. The average molecular weight is 250 g/mol. The van der Waals surface area contributed by atoms with Gasteiger partial charge in [0.15, 0.2) is 0 Å². The van der Waals surface area contributed by atoms with Crippen molar-refractivity contribution < 1.29 is 22.0 Å². The molecule has 7 heteroatoms. The molecule has 2 nitrogen and oxygen atoms in total. The van der Waals surface area contributed by atoms with E-state index in [-0.39, 0.29) is 5.56 Å². The van der Waals surface area contributed by atoms with Crippen molar-refractivity contribution in [2.45, 2.75) is 25.9 Å². The Morgan fingerprint density at radius 3 is 2.41 bits per heavy atom. The summed E-state index contributed by atoms with van der Waals surface area (Å²) in [6.07, 6.45) is -8.33. The number of aryl methyl sites for hydroxylation is 1. The third-order valence-corrected chi connectivity index (χ3v) is 2.06. The minimum absolute atomic E-state index is 0.354. The second-order valence-electron chi connectivity index (χ2n) is 3.32. The molecule has 0 aliphatic heterocycles. The van der Waals surface area contributed by atoms with Gasteiger partial charge in [-0.3, -0.25) is 4.98 Å². The van der Waals surface area contributed by atoms with Crippen LogP contribution >= 0.6 is 0 Å². The van der Waals surface area contributed by atoms with E-state index in [2.05, 4.69) is 4.98 Å². The summed E-state index contributed by atoms with van der Waals surface area (Å²) in [5, 5.41) is 8.39. The molecule has 0 atom stereocenters. The van der Waals surface area contributed by atoms with Crippen molar-refractivity contribution >= 4 is 0 Å². The Morgan fingerprint density at radius 1 is 1.41 bits per heavy atom. The zero-order chi connectivity index (χ0) is 13.2. The Hall–Kier alpha value is -1.71. The summed E-state index contributed by atoms with van der Waals surface area (Å²) < 4.78 is 62.6. The van der Waals surface area contributed by atoms with Crippen molar-refractivity contribution in [3.05, 3.63) is 28.6 Å². The summed E-state index contributed by atoms with van der Waals surface area (Å²) in [5.41, 5.74) is -2.87. The molecule has 0 aromatic carbocycles. The maximum Gasteiger partial charge on any atom is 0.418 e. The van der Waals surface area contributed by atoms with Gasteiger partial charge in [0, 0.05) is 0 Å². The molecule has 0 aliphatic rings. The van der Waals surface area contributed by atoms with Gasteiger partial charge < -0.3 is 0 Å². The molecule has 17 heavy (non-hydrogen) atoms. The number of alkyl halides is 5. The number of hydrogen-bond donors (Lipinski definition) is 0. The quantitative estimate of drug-likeness (QED) is 0.754. The number of nitriles is 1. The predicted molar refractivity (Wildman–Crippen MR) is 48.3 cm³/mol. The standard InChI is InChI=1S/C10H7F5N2/c1-5-4-7(9(11)12)17-6(2-3-16)8(5)10(13,14)15/h4,9H,2H2,1H3. The molecule has 0 fully saturated rings. The monoisotopic (exact) mass is 250 g/mol. The Labute approximate surface area is 93.7 Å². The third-order valence-electron chi connectivity index (χ3n) is 2.06. The van der Waals surface area contributed by atoms with Crippen LogP contribution < -0.4 is 0 Å². The van der Waals surface area contributed by atoms with E-state index in [0.29, 0.717) is 6.07 Å². The molecule has 92 valence electrons. The number of nitrogens with zero attached hydrogens (tertiary/aromatic N) is 2. The zero-order valence-electron chi connectivity index (χ0n) is 8.65. The van der Waals surface area contributed by atoms with Gasteiger partial charge in [0.05, 0.1) is 23.7 Å². The van der Waals surface area contributed by atoms with E-state index in [1.54, 1.807) is 0 Å². The van der Waals surface area contributed by atoms with Gasteiger partial charge >= 0.3 is 6.18 Å². The number of hydrogen-bond acceptors (Lipinski definition) is 2. The Morgan fingerprint density at radius 2 is 2.00 bits per heavy atom. The van der Waals surface area contributed by atoms with Crippen LogP contribution in [0.2, 0.25) is 0 Å². The van der Waals surface area contributed by atoms with Gasteiger partial charge in [-0.15, -0.1) is 0 Å². The molecule has 0 spiro atoms. The van der Waals surface area contributed by atoms with E-state index in [9.17, 15) is 22.0 Å². The smallest absolute Gasteiger partial charge is 0.250 e. The van der Waals surface area contributed by atoms with Crippen molar-refractivity contribution in [1.82, 2.24) is 4.98 Å². The fourth-order valence-electron chi connectivity index (χ4n) is 1.47. The summed E-state index contributed by atoms with van der Waals surface area (Å²) in [5.74, 6) is 0. The summed E-state index contributed by atoms with van der Waals surface area (Å²) in [6.45, 7) is 1.07. The molecule has 0 saturated carbocycles. The molecule has 0 saturated heterocycles. The molecule has 0 aliphatic carbocycles. The predicted octanol–water partition coefficient (Wildman–Crippen LogP) is 3.41. The van der Waals surface area contributed by atoms with Crippen LogP contribution in [0.4, 0.5) is 22.0 Å². The normalized spacial score (nSPS) is 11.6. The molecule has 0 amide bonds. The van der Waals surface area contributed by atoms with Crippen LogP contribution in [0.5, 0.6) is 0 Å². The van der Waals surface area contributed by atoms with Crippen LogP contribution in [0.3, 0.4) is 0 Å². The van der Waals surface area contributed by atoms with Gasteiger partial charge in [0.1, 0.15) is 5.69 Å². The number of pyridine rings is 1. The molecule has 1 aromatic rings. The van der Waals surface area contributed by atoms with E-state index in [4.69, 9.17) is 5.26 Å². The van der Waals surface area contributed by atoms with Crippen molar-refractivity contribution in [1.29, 1.82) is 5.26 Å². The van der Waals surface area contributed by atoms with Crippen molar-refractivity contribution in [3.8, 4) is 6.07 Å². The Balaban J connectivity index is 3.45. The van der Waals surface area contributed by atoms with Crippen LogP contribution in [-0.4, -0.2) is 4.98 Å².